The molecular formula is C33H37N3O. The highest BCUT2D eigenvalue weighted by Crippen LogP contribution is 2.31. The second kappa shape index (κ2) is 10.5. The molecule has 1 aliphatic carbocycles. The number of nitrogens with one attached hydrogen (secondary N) is 1. The molecule has 1 unspecified atom stereocenters. The number of likely N-dealkylation sites (tertiary alicyclic amines) is 1. The number of piperidine rings is 1. The molecule has 4 aromatic rings. The number of aryl methyl sites for hydroxylation is 2. The van der Waals surface area contributed by atoms with Gasteiger partial charge in [-0.3, -0.25) is 9.69 Å². The van der Waals surface area contributed by atoms with Crippen LogP contribution in [0, 0.1) is 12.8 Å². The zero-order chi connectivity index (χ0) is 25.2. The maximum Gasteiger partial charge on any atom is 0.223 e. The van der Waals surface area contributed by atoms with Gasteiger partial charge in [-0.1, -0.05) is 72.3 Å². The summed E-state index contributed by atoms with van der Waals surface area (Å²) in [6.45, 7) is 5.89. The van der Waals surface area contributed by atoms with Crippen LogP contribution in [0.3, 0.4) is 0 Å². The number of rotatable bonds is 6. The number of aromatic nitrogens is 1. The highest BCUT2D eigenvalue weighted by Gasteiger charge is 2.29. The summed E-state index contributed by atoms with van der Waals surface area (Å²) in [4.78, 5) is 15.7. The Kier molecular flexibility index (Phi) is 6.84. The van der Waals surface area contributed by atoms with Gasteiger partial charge in [0.05, 0.1) is 6.04 Å². The summed E-state index contributed by atoms with van der Waals surface area (Å²) in [5.74, 6) is 0.360. The first-order valence-electron chi connectivity index (χ1n) is 13.9. The van der Waals surface area contributed by atoms with Crippen molar-refractivity contribution in [3.8, 4) is 0 Å². The summed E-state index contributed by atoms with van der Waals surface area (Å²) in [5, 5.41) is 4.70. The zero-order valence-corrected chi connectivity index (χ0v) is 21.8. The lowest BCUT2D eigenvalue weighted by molar-refractivity contribution is -0.127. The predicted octanol–water partition coefficient (Wildman–Crippen LogP) is 6.40. The fraction of sp³-hybridized carbons (Fsp3) is 0.364. The van der Waals surface area contributed by atoms with Crippen molar-refractivity contribution in [2.75, 3.05) is 13.1 Å². The zero-order valence-electron chi connectivity index (χ0n) is 21.8. The summed E-state index contributed by atoms with van der Waals surface area (Å²) in [6.07, 6.45) is 5.18. The molecule has 1 atom stereocenters. The molecule has 1 saturated heterocycles. The summed E-state index contributed by atoms with van der Waals surface area (Å²) in [7, 11) is 0. The van der Waals surface area contributed by atoms with Gasteiger partial charge >= 0.3 is 0 Å². The third kappa shape index (κ3) is 5.21. The molecule has 0 saturated carbocycles. The van der Waals surface area contributed by atoms with Crippen LogP contribution in [0.2, 0.25) is 0 Å². The van der Waals surface area contributed by atoms with Crippen molar-refractivity contribution in [1.29, 1.82) is 0 Å². The van der Waals surface area contributed by atoms with Gasteiger partial charge in [-0.05, 0) is 86.3 Å². The van der Waals surface area contributed by atoms with Gasteiger partial charge < -0.3 is 9.88 Å². The Morgan fingerprint density at radius 3 is 2.57 bits per heavy atom. The van der Waals surface area contributed by atoms with Crippen LogP contribution in [-0.4, -0.2) is 28.5 Å². The summed E-state index contributed by atoms with van der Waals surface area (Å²) in [5.41, 5.74) is 8.00. The van der Waals surface area contributed by atoms with E-state index >= 15 is 0 Å². The van der Waals surface area contributed by atoms with E-state index in [1.54, 1.807) is 0 Å². The maximum absolute atomic E-state index is 13.2. The quantitative estimate of drug-likeness (QED) is 0.339. The second-order valence-corrected chi connectivity index (χ2v) is 11.0. The van der Waals surface area contributed by atoms with Crippen molar-refractivity contribution in [2.45, 2.75) is 58.2 Å². The van der Waals surface area contributed by atoms with Gasteiger partial charge in [-0.15, -0.1) is 0 Å². The van der Waals surface area contributed by atoms with Gasteiger partial charge in [0.1, 0.15) is 0 Å². The van der Waals surface area contributed by atoms with Gasteiger partial charge in [-0.25, -0.2) is 0 Å². The van der Waals surface area contributed by atoms with Gasteiger partial charge in [-0.2, -0.15) is 0 Å². The topological polar surface area (TPSA) is 37.3 Å². The monoisotopic (exact) mass is 491 g/mol. The fourth-order valence-electron chi connectivity index (χ4n) is 6.35. The molecule has 1 N–H and O–H groups in total. The lowest BCUT2D eigenvalue weighted by atomic mass is 9.87. The first kappa shape index (κ1) is 24.0. The van der Waals surface area contributed by atoms with E-state index in [1.807, 2.05) is 0 Å². The smallest absolute Gasteiger partial charge is 0.223 e. The molecule has 4 nitrogen and oxygen atoms in total. The summed E-state index contributed by atoms with van der Waals surface area (Å²) >= 11 is 0. The Hall–Kier alpha value is -3.37. The molecule has 0 bridgehead atoms. The highest BCUT2D eigenvalue weighted by atomic mass is 16.1. The number of carbonyl (C=O) groups excluding carboxylic acids is 1. The minimum atomic E-state index is 0.114. The van der Waals surface area contributed by atoms with Crippen molar-refractivity contribution in [1.82, 2.24) is 14.8 Å². The fourth-order valence-corrected chi connectivity index (χ4v) is 6.35. The van der Waals surface area contributed by atoms with Crippen molar-refractivity contribution < 1.29 is 4.79 Å². The Morgan fingerprint density at radius 2 is 1.70 bits per heavy atom. The van der Waals surface area contributed by atoms with Gasteiger partial charge in [0.2, 0.25) is 5.91 Å². The largest absolute Gasteiger partial charge is 0.349 e. The maximum atomic E-state index is 13.2. The summed E-state index contributed by atoms with van der Waals surface area (Å²) in [6, 6.07) is 28.7. The van der Waals surface area contributed by atoms with E-state index in [-0.39, 0.29) is 17.9 Å². The molecular weight excluding hydrogens is 454 g/mol. The number of fused-ring (bicyclic) bond motifs is 2. The van der Waals surface area contributed by atoms with E-state index in [2.05, 4.69) is 101 Å². The molecule has 3 aromatic carbocycles. The minimum absolute atomic E-state index is 0.114. The predicted molar refractivity (Wildman–Crippen MR) is 150 cm³/mol. The number of hydrogen-bond acceptors (Lipinski definition) is 2. The molecule has 1 fully saturated rings. The SMILES string of the molecule is Cc1cccc(Cn2c(CN3CCC(C(=O)NC4CCCc5ccccc54)CC3)cc3ccccc32)c1. The Labute approximate surface area is 220 Å². The second-order valence-electron chi connectivity index (χ2n) is 11.0. The molecule has 0 spiro atoms. The van der Waals surface area contributed by atoms with Gasteiger partial charge in [0, 0.05) is 30.2 Å². The van der Waals surface area contributed by atoms with Crippen LogP contribution < -0.4 is 5.32 Å². The Balaban J connectivity index is 1.11. The van der Waals surface area contributed by atoms with E-state index in [0.717, 1.165) is 58.3 Å². The molecule has 37 heavy (non-hydrogen) atoms. The average Bonchev–Trinajstić information content (AvgIpc) is 3.26. The van der Waals surface area contributed by atoms with Crippen LogP contribution in [0.1, 0.15) is 59.7 Å². The number of hydrogen-bond donors (Lipinski definition) is 1. The van der Waals surface area contributed by atoms with Crippen molar-refractivity contribution in [3.63, 3.8) is 0 Å². The van der Waals surface area contributed by atoms with Crippen molar-refractivity contribution in [3.05, 3.63) is 107 Å². The van der Waals surface area contributed by atoms with Crippen LogP contribution in [0.25, 0.3) is 10.9 Å². The van der Waals surface area contributed by atoms with E-state index in [9.17, 15) is 4.79 Å². The van der Waals surface area contributed by atoms with Crippen LogP contribution in [0.4, 0.5) is 0 Å². The van der Waals surface area contributed by atoms with Crippen LogP contribution in [0.15, 0.2) is 78.9 Å². The Bertz CT molecular complexity index is 1400. The van der Waals surface area contributed by atoms with Crippen LogP contribution in [0.5, 0.6) is 0 Å². The van der Waals surface area contributed by atoms with E-state index in [0.29, 0.717) is 0 Å². The molecule has 1 aromatic heterocycles. The highest BCUT2D eigenvalue weighted by molar-refractivity contribution is 5.81. The lowest BCUT2D eigenvalue weighted by Crippen LogP contribution is -2.42. The summed E-state index contributed by atoms with van der Waals surface area (Å²) < 4.78 is 2.48. The molecule has 2 heterocycles. The minimum Gasteiger partial charge on any atom is -0.349 e. The molecule has 2 aliphatic rings. The van der Waals surface area contributed by atoms with E-state index in [1.165, 1.54) is 38.9 Å². The van der Waals surface area contributed by atoms with Crippen LogP contribution in [-0.2, 0) is 24.3 Å². The molecule has 0 radical (unpaired) electrons. The number of nitrogens with zero attached hydrogens (tertiary/aromatic N) is 2. The van der Waals surface area contributed by atoms with Gasteiger partial charge in [0.15, 0.2) is 0 Å². The average molecular weight is 492 g/mol. The van der Waals surface area contributed by atoms with Crippen molar-refractivity contribution in [2.24, 2.45) is 5.92 Å². The molecule has 6 rings (SSSR count). The van der Waals surface area contributed by atoms with E-state index in [4.69, 9.17) is 0 Å². The molecule has 1 amide bonds. The normalized spacial score (nSPS) is 18.6. The third-order valence-electron chi connectivity index (χ3n) is 8.35. The van der Waals surface area contributed by atoms with Gasteiger partial charge in [0.25, 0.3) is 0 Å². The standard InChI is InChI=1S/C33H37N3O/c1-24-8-6-9-25(20-24)22-36-29(21-28-11-3-5-15-32(28)36)23-35-18-16-27(17-19-35)33(37)34-31-14-7-12-26-10-2-4-13-30(26)31/h2-6,8-11,13,15,20-21,27,31H,7,12,14,16-19,22-23H2,1H3,(H,34,37). The molecule has 4 heteroatoms. The molecule has 190 valence electrons. The van der Waals surface area contributed by atoms with Crippen molar-refractivity contribution >= 4 is 16.8 Å². The lowest BCUT2D eigenvalue weighted by Gasteiger charge is -2.33. The first-order chi connectivity index (χ1) is 18.1. The third-order valence-corrected chi connectivity index (χ3v) is 8.35. The number of benzene rings is 3. The number of carbonyl (C=O) groups is 1. The number of para-hydroxylation sites is 1. The first-order valence-corrected chi connectivity index (χ1v) is 13.9. The van der Waals surface area contributed by atoms with E-state index < -0.39 is 0 Å². The Morgan fingerprint density at radius 1 is 0.892 bits per heavy atom. The van der Waals surface area contributed by atoms with Crippen LogP contribution >= 0.6 is 0 Å². The number of amides is 1. The molecule has 1 aliphatic heterocycles.